The number of benzene rings is 1. The Bertz CT molecular complexity index is 695. The zero-order valence-electron chi connectivity index (χ0n) is 17.8. The van der Waals surface area contributed by atoms with Gasteiger partial charge in [-0.05, 0) is 79.9 Å². The lowest BCUT2D eigenvalue weighted by atomic mass is 9.68. The van der Waals surface area contributed by atoms with Crippen molar-refractivity contribution >= 4 is 24.0 Å². The minimum absolute atomic E-state index is 0. The monoisotopic (exact) mass is 421 g/mol. The van der Waals surface area contributed by atoms with Gasteiger partial charge in [-0.2, -0.15) is 0 Å². The van der Waals surface area contributed by atoms with Gasteiger partial charge in [-0.15, -0.1) is 12.4 Å². The van der Waals surface area contributed by atoms with Gasteiger partial charge in [0.25, 0.3) is 0 Å². The molecule has 1 nitrogen and oxygen atoms in total. The number of hydrogen-bond donors (Lipinski definition) is 1. The Hall–Kier alpha value is -0.680. The average molecular weight is 422 g/mol. The van der Waals surface area contributed by atoms with Gasteiger partial charge < -0.3 is 5.73 Å². The molecule has 2 fully saturated rings. The zero-order valence-corrected chi connectivity index (χ0v) is 19.4. The fourth-order valence-corrected chi connectivity index (χ4v) is 5.22. The summed E-state index contributed by atoms with van der Waals surface area (Å²) in [6.45, 7) is 6.92. The lowest BCUT2D eigenvalue weighted by molar-refractivity contribution is 0.159. The fraction of sp³-hybridized carbons (Fsp3) is 0.680. The molecule has 0 radical (unpaired) electrons. The molecular formula is C25H37Cl2N. The molecule has 0 heterocycles. The van der Waals surface area contributed by atoms with Crippen LogP contribution in [0.25, 0.3) is 0 Å². The third-order valence-corrected chi connectivity index (χ3v) is 7.60. The Morgan fingerprint density at radius 2 is 1.75 bits per heavy atom. The quantitative estimate of drug-likeness (QED) is 0.502. The van der Waals surface area contributed by atoms with Crippen molar-refractivity contribution in [2.24, 2.45) is 16.6 Å². The minimum atomic E-state index is 0. The maximum Gasteiger partial charge on any atom is 0.0565 e. The third-order valence-electron chi connectivity index (χ3n) is 7.28. The molecule has 2 saturated carbocycles. The summed E-state index contributed by atoms with van der Waals surface area (Å²) in [6.07, 6.45) is 12.4. The summed E-state index contributed by atoms with van der Waals surface area (Å²) in [5.41, 5.74) is 9.40. The second kappa shape index (κ2) is 9.88. The van der Waals surface area contributed by atoms with Crippen molar-refractivity contribution in [3.05, 3.63) is 34.3 Å². The Morgan fingerprint density at radius 3 is 2.32 bits per heavy atom. The molecule has 2 aliphatic carbocycles. The lowest BCUT2D eigenvalue weighted by Gasteiger charge is -2.39. The Labute approximate surface area is 183 Å². The van der Waals surface area contributed by atoms with Crippen molar-refractivity contribution in [1.82, 2.24) is 0 Å². The van der Waals surface area contributed by atoms with E-state index in [-0.39, 0.29) is 23.9 Å². The van der Waals surface area contributed by atoms with Crippen molar-refractivity contribution in [3.63, 3.8) is 0 Å². The van der Waals surface area contributed by atoms with E-state index in [0.29, 0.717) is 11.3 Å². The van der Waals surface area contributed by atoms with Gasteiger partial charge in [0.05, 0.1) is 5.02 Å². The van der Waals surface area contributed by atoms with Crippen LogP contribution >= 0.6 is 24.0 Å². The summed E-state index contributed by atoms with van der Waals surface area (Å²) in [7, 11) is 0. The number of hydrogen-bond acceptors (Lipinski definition) is 1. The van der Waals surface area contributed by atoms with Gasteiger partial charge in [0.15, 0.2) is 0 Å². The van der Waals surface area contributed by atoms with Gasteiger partial charge in [0, 0.05) is 18.0 Å². The summed E-state index contributed by atoms with van der Waals surface area (Å²) in [6, 6.07) is 6.75. The van der Waals surface area contributed by atoms with Crippen LogP contribution in [0, 0.1) is 22.7 Å². The molecule has 2 aliphatic rings. The van der Waals surface area contributed by atoms with Gasteiger partial charge in [-0.1, -0.05) is 62.6 Å². The molecule has 28 heavy (non-hydrogen) atoms. The van der Waals surface area contributed by atoms with Gasteiger partial charge in [-0.3, -0.25) is 0 Å². The molecule has 1 atom stereocenters. The summed E-state index contributed by atoms with van der Waals surface area (Å²) in [5.74, 6) is 7.43. The van der Waals surface area contributed by atoms with E-state index in [0.717, 1.165) is 17.0 Å². The maximum absolute atomic E-state index is 6.60. The van der Waals surface area contributed by atoms with E-state index >= 15 is 0 Å². The Kier molecular flexibility index (Phi) is 8.33. The summed E-state index contributed by atoms with van der Waals surface area (Å²) in [4.78, 5) is 0. The van der Waals surface area contributed by atoms with Crippen LogP contribution in [-0.2, 0) is 0 Å². The normalized spacial score (nSPS) is 22.5. The number of rotatable bonds is 3. The number of halogens is 2. The number of nitrogens with two attached hydrogens (primary N) is 1. The van der Waals surface area contributed by atoms with Gasteiger partial charge >= 0.3 is 0 Å². The van der Waals surface area contributed by atoms with E-state index < -0.39 is 0 Å². The highest BCUT2D eigenvalue weighted by Crippen LogP contribution is 2.43. The molecule has 3 heteroatoms. The van der Waals surface area contributed by atoms with Crippen LogP contribution in [0.15, 0.2) is 18.2 Å². The molecule has 156 valence electrons. The SMILES string of the molecule is CC(N)C1(CC#Cc2ccc(C3CCC(C)(C)CC3)cc2Cl)CCCCC1.Cl. The predicted octanol–water partition coefficient (Wildman–Crippen LogP) is 7.48. The molecule has 0 saturated heterocycles. The highest BCUT2D eigenvalue weighted by atomic mass is 35.5. The second-order valence-electron chi connectivity index (χ2n) is 9.87. The summed E-state index contributed by atoms with van der Waals surface area (Å²) < 4.78 is 0. The van der Waals surface area contributed by atoms with Crippen molar-refractivity contribution < 1.29 is 0 Å². The van der Waals surface area contributed by atoms with E-state index in [9.17, 15) is 0 Å². The molecule has 1 aromatic rings. The first kappa shape index (κ1) is 23.6. The second-order valence-corrected chi connectivity index (χ2v) is 10.3. The first-order valence-corrected chi connectivity index (χ1v) is 11.2. The van der Waals surface area contributed by atoms with Crippen LogP contribution in [0.3, 0.4) is 0 Å². The van der Waals surface area contributed by atoms with Crippen LogP contribution < -0.4 is 5.73 Å². The summed E-state index contributed by atoms with van der Waals surface area (Å²) in [5, 5.41) is 0.809. The minimum Gasteiger partial charge on any atom is -0.327 e. The van der Waals surface area contributed by atoms with E-state index in [1.54, 1.807) is 0 Å². The van der Waals surface area contributed by atoms with Gasteiger partial charge in [0.2, 0.25) is 0 Å². The molecule has 2 N–H and O–H groups in total. The standard InChI is InChI=1S/C25H36ClN.ClH/c1-19(27)25(13-5-4-6-14-25)15-7-8-21-9-10-22(18-23(21)26)20-11-16-24(2,3)17-12-20;/h9-10,18-20H,4-6,11-17,27H2,1-3H3;1H. The fourth-order valence-electron chi connectivity index (χ4n) is 4.98. The van der Waals surface area contributed by atoms with Crippen molar-refractivity contribution in [2.75, 3.05) is 0 Å². The maximum atomic E-state index is 6.60. The molecule has 0 bridgehead atoms. The molecule has 0 spiro atoms. The van der Waals surface area contributed by atoms with E-state index in [1.165, 1.54) is 63.4 Å². The van der Waals surface area contributed by atoms with E-state index in [4.69, 9.17) is 17.3 Å². The zero-order chi connectivity index (χ0) is 19.5. The Balaban J connectivity index is 0.00000280. The third kappa shape index (κ3) is 5.69. The van der Waals surface area contributed by atoms with Crippen molar-refractivity contribution in [3.8, 4) is 11.8 Å². The molecule has 0 aromatic heterocycles. The van der Waals surface area contributed by atoms with Gasteiger partial charge in [-0.25, -0.2) is 0 Å². The van der Waals surface area contributed by atoms with Crippen LogP contribution in [0.4, 0.5) is 0 Å². The Morgan fingerprint density at radius 1 is 1.11 bits per heavy atom. The van der Waals surface area contributed by atoms with Crippen LogP contribution in [0.5, 0.6) is 0 Å². The van der Waals surface area contributed by atoms with E-state index in [1.807, 2.05) is 0 Å². The molecule has 0 amide bonds. The topological polar surface area (TPSA) is 26.0 Å². The summed E-state index contributed by atoms with van der Waals surface area (Å²) >= 11 is 6.60. The van der Waals surface area contributed by atoms with Crippen LogP contribution in [0.2, 0.25) is 5.02 Å². The molecular weight excluding hydrogens is 385 g/mol. The largest absolute Gasteiger partial charge is 0.327 e. The van der Waals surface area contributed by atoms with Crippen molar-refractivity contribution in [2.45, 2.75) is 96.9 Å². The van der Waals surface area contributed by atoms with Crippen molar-refractivity contribution in [1.29, 1.82) is 0 Å². The smallest absolute Gasteiger partial charge is 0.0565 e. The first-order valence-electron chi connectivity index (χ1n) is 10.9. The van der Waals surface area contributed by atoms with Gasteiger partial charge in [0.1, 0.15) is 0 Å². The van der Waals surface area contributed by atoms with Crippen LogP contribution in [0.1, 0.15) is 102 Å². The lowest BCUT2D eigenvalue weighted by Crippen LogP contribution is -2.40. The molecule has 1 unspecified atom stereocenters. The first-order chi connectivity index (χ1) is 12.8. The molecule has 0 aliphatic heterocycles. The highest BCUT2D eigenvalue weighted by molar-refractivity contribution is 6.31. The highest BCUT2D eigenvalue weighted by Gasteiger charge is 2.34. The van der Waals surface area contributed by atoms with E-state index in [2.05, 4.69) is 50.8 Å². The molecule has 1 aromatic carbocycles. The van der Waals surface area contributed by atoms with Crippen LogP contribution in [-0.4, -0.2) is 6.04 Å². The average Bonchev–Trinajstić information content (AvgIpc) is 2.64. The molecule has 3 rings (SSSR count). The predicted molar refractivity (Wildman–Crippen MR) is 124 cm³/mol.